The van der Waals surface area contributed by atoms with Crippen LogP contribution in [0.25, 0.3) is 6.08 Å². The molecule has 0 unspecified atom stereocenters. The highest BCUT2D eigenvalue weighted by Crippen LogP contribution is 2.10. The molecule has 2 N–H and O–H groups in total. The highest BCUT2D eigenvalue weighted by molar-refractivity contribution is 6.23. The fourth-order valence-corrected chi connectivity index (χ4v) is 0.852. The van der Waals surface area contributed by atoms with Crippen LogP contribution in [-0.4, -0.2) is 11.0 Å². The lowest BCUT2D eigenvalue weighted by Gasteiger charge is -1.93. The van der Waals surface area contributed by atoms with Crippen LogP contribution in [0.1, 0.15) is 5.56 Å². The minimum Gasteiger partial charge on any atom is -0.508 e. The number of halogens is 1. The second-order valence-electron chi connectivity index (χ2n) is 2.38. The average Bonchev–Trinajstić information content (AvgIpc) is 2.16. The van der Waals surface area contributed by atoms with Gasteiger partial charge in [0.25, 0.3) is 5.91 Å². The van der Waals surface area contributed by atoms with Crippen molar-refractivity contribution in [3.8, 4) is 5.75 Å². The maximum Gasteiger partial charge on any atom is 0.258 e. The van der Waals surface area contributed by atoms with Crippen LogP contribution in [0.3, 0.4) is 0 Å². The Kier molecular flexibility index (Phi) is 3.34. The zero-order chi connectivity index (χ0) is 9.68. The molecule has 1 aromatic carbocycles. The summed E-state index contributed by atoms with van der Waals surface area (Å²) in [4.78, 5) is 12.6. The summed E-state index contributed by atoms with van der Waals surface area (Å²) in [5.74, 6) is -0.186. The number of aromatic hydroxyl groups is 1. The first kappa shape index (κ1) is 9.61. The van der Waals surface area contributed by atoms with E-state index in [4.69, 9.17) is 16.9 Å². The van der Waals surface area contributed by atoms with Gasteiger partial charge in [-0.3, -0.25) is 9.63 Å². The number of amides is 1. The number of carbonyl (C=O) groups excluding carboxylic acids is 1. The number of nitrogens with one attached hydrogen (secondary N) is 1. The van der Waals surface area contributed by atoms with Crippen molar-refractivity contribution in [3.05, 3.63) is 35.9 Å². The van der Waals surface area contributed by atoms with E-state index in [1.165, 1.54) is 18.2 Å². The van der Waals surface area contributed by atoms with E-state index in [0.29, 0.717) is 0 Å². The Hall–Kier alpha value is -1.48. The maximum absolute atomic E-state index is 10.7. The Morgan fingerprint density at radius 1 is 1.38 bits per heavy atom. The van der Waals surface area contributed by atoms with E-state index >= 15 is 0 Å². The fourth-order valence-electron chi connectivity index (χ4n) is 0.789. The molecule has 3 nitrogen and oxygen atoms in total. The number of rotatable bonds is 2. The van der Waals surface area contributed by atoms with Crippen molar-refractivity contribution < 1.29 is 9.90 Å². The monoisotopic (exact) mass is 197 g/mol. The summed E-state index contributed by atoms with van der Waals surface area (Å²) in [6.07, 6.45) is 2.90. The summed E-state index contributed by atoms with van der Waals surface area (Å²) < 4.78 is 0. The van der Waals surface area contributed by atoms with Gasteiger partial charge >= 0.3 is 0 Å². The van der Waals surface area contributed by atoms with Crippen LogP contribution in [0.4, 0.5) is 0 Å². The smallest absolute Gasteiger partial charge is 0.258 e. The van der Waals surface area contributed by atoms with E-state index in [9.17, 15) is 4.79 Å². The van der Waals surface area contributed by atoms with E-state index < -0.39 is 0 Å². The normalized spacial score (nSPS) is 10.2. The third kappa shape index (κ3) is 3.17. The second-order valence-corrected chi connectivity index (χ2v) is 2.57. The topological polar surface area (TPSA) is 49.3 Å². The SMILES string of the molecule is O=C(/C=C/c1ccc(O)cc1)NCl. The zero-order valence-electron chi connectivity index (χ0n) is 6.70. The highest BCUT2D eigenvalue weighted by Gasteiger charge is 1.91. The van der Waals surface area contributed by atoms with Crippen LogP contribution in [0, 0.1) is 0 Å². The highest BCUT2D eigenvalue weighted by atomic mass is 35.5. The summed E-state index contributed by atoms with van der Waals surface area (Å²) in [7, 11) is 0. The molecular formula is C9H8ClNO2. The summed E-state index contributed by atoms with van der Waals surface area (Å²) in [5.41, 5.74) is 0.818. The largest absolute Gasteiger partial charge is 0.508 e. The van der Waals surface area contributed by atoms with Gasteiger partial charge in [-0.2, -0.15) is 0 Å². The van der Waals surface area contributed by atoms with Crippen LogP contribution < -0.4 is 4.84 Å². The Bertz CT molecular complexity index is 319. The quantitative estimate of drug-likeness (QED) is 0.560. The lowest BCUT2D eigenvalue weighted by Crippen LogP contribution is -2.07. The van der Waals surface area contributed by atoms with Gasteiger partial charge in [0.05, 0.1) is 0 Å². The number of hydrogen-bond donors (Lipinski definition) is 2. The summed E-state index contributed by atoms with van der Waals surface area (Å²) in [6.45, 7) is 0. The van der Waals surface area contributed by atoms with E-state index in [1.54, 1.807) is 18.2 Å². The van der Waals surface area contributed by atoms with Crippen LogP contribution in [0.2, 0.25) is 0 Å². The minimum absolute atomic E-state index is 0.193. The standard InChI is InChI=1S/C9H8ClNO2/c10-11-9(13)6-3-7-1-4-8(12)5-2-7/h1-6,12H,(H,11,13)/b6-3+. The molecule has 4 heteroatoms. The molecule has 0 aromatic heterocycles. The average molecular weight is 198 g/mol. The number of carbonyl (C=O) groups is 1. The summed E-state index contributed by atoms with van der Waals surface area (Å²) in [5, 5.41) is 8.96. The first-order chi connectivity index (χ1) is 6.22. The van der Waals surface area contributed by atoms with Gasteiger partial charge in [0.1, 0.15) is 5.75 Å². The summed E-state index contributed by atoms with van der Waals surface area (Å²) in [6, 6.07) is 6.46. The Balaban J connectivity index is 2.69. The van der Waals surface area contributed by atoms with Gasteiger partial charge < -0.3 is 5.11 Å². The third-order valence-corrected chi connectivity index (χ3v) is 1.60. The zero-order valence-corrected chi connectivity index (χ0v) is 7.45. The van der Waals surface area contributed by atoms with Crippen LogP contribution in [0.15, 0.2) is 30.3 Å². The number of hydrogen-bond acceptors (Lipinski definition) is 2. The van der Waals surface area contributed by atoms with Crippen molar-refractivity contribution in [1.82, 2.24) is 4.84 Å². The molecule has 0 saturated carbocycles. The van der Waals surface area contributed by atoms with E-state index in [1.807, 2.05) is 4.84 Å². The molecule has 0 saturated heterocycles. The van der Waals surface area contributed by atoms with Gasteiger partial charge in [-0.25, -0.2) is 0 Å². The maximum atomic E-state index is 10.7. The molecule has 0 aliphatic carbocycles. The predicted molar refractivity (Wildman–Crippen MR) is 51.1 cm³/mol. The molecule has 0 aliphatic heterocycles. The van der Waals surface area contributed by atoms with E-state index in [-0.39, 0.29) is 11.7 Å². The molecular weight excluding hydrogens is 190 g/mol. The summed E-state index contributed by atoms with van der Waals surface area (Å²) >= 11 is 5.05. The van der Waals surface area contributed by atoms with Gasteiger partial charge in [0.15, 0.2) is 0 Å². The van der Waals surface area contributed by atoms with Crippen molar-refractivity contribution >= 4 is 23.8 Å². The molecule has 1 aromatic rings. The molecule has 1 rings (SSSR count). The van der Waals surface area contributed by atoms with Crippen molar-refractivity contribution in [2.24, 2.45) is 0 Å². The number of phenols is 1. The van der Waals surface area contributed by atoms with Gasteiger partial charge in [-0.05, 0) is 23.8 Å². The number of benzene rings is 1. The molecule has 0 aliphatic rings. The second kappa shape index (κ2) is 4.52. The predicted octanol–water partition coefficient (Wildman–Crippen LogP) is 1.68. The lowest BCUT2D eigenvalue weighted by atomic mass is 10.2. The van der Waals surface area contributed by atoms with Crippen molar-refractivity contribution in [2.45, 2.75) is 0 Å². The van der Waals surface area contributed by atoms with Crippen molar-refractivity contribution in [3.63, 3.8) is 0 Å². The Morgan fingerprint density at radius 3 is 2.54 bits per heavy atom. The van der Waals surface area contributed by atoms with Crippen LogP contribution in [0.5, 0.6) is 5.75 Å². The molecule has 0 radical (unpaired) electrons. The Morgan fingerprint density at radius 2 is 2.00 bits per heavy atom. The molecule has 0 heterocycles. The first-order valence-corrected chi connectivity index (χ1v) is 3.98. The molecule has 0 fully saturated rings. The van der Waals surface area contributed by atoms with Gasteiger partial charge in [-0.15, -0.1) is 0 Å². The first-order valence-electron chi connectivity index (χ1n) is 3.60. The van der Waals surface area contributed by atoms with Crippen molar-refractivity contribution in [1.29, 1.82) is 0 Å². The minimum atomic E-state index is -0.380. The van der Waals surface area contributed by atoms with Crippen LogP contribution in [-0.2, 0) is 4.79 Å². The molecule has 1 amide bonds. The fraction of sp³-hybridized carbons (Fsp3) is 0. The molecule has 68 valence electrons. The molecule has 13 heavy (non-hydrogen) atoms. The molecule has 0 bridgehead atoms. The lowest BCUT2D eigenvalue weighted by molar-refractivity contribution is -0.114. The van der Waals surface area contributed by atoms with Gasteiger partial charge in [-0.1, -0.05) is 12.1 Å². The van der Waals surface area contributed by atoms with E-state index in [0.717, 1.165) is 5.56 Å². The van der Waals surface area contributed by atoms with E-state index in [2.05, 4.69) is 0 Å². The Labute approximate surface area is 80.8 Å². The third-order valence-electron chi connectivity index (χ3n) is 1.41. The molecule has 0 atom stereocenters. The van der Waals surface area contributed by atoms with Gasteiger partial charge in [0.2, 0.25) is 0 Å². The number of phenolic OH excluding ortho intramolecular Hbond substituents is 1. The van der Waals surface area contributed by atoms with Gasteiger partial charge in [0, 0.05) is 17.9 Å². The molecule has 0 spiro atoms. The van der Waals surface area contributed by atoms with Crippen LogP contribution >= 0.6 is 11.8 Å². The van der Waals surface area contributed by atoms with Crippen molar-refractivity contribution in [2.75, 3.05) is 0 Å².